The Balaban J connectivity index is 2.08. The van der Waals surface area contributed by atoms with Gasteiger partial charge in [-0.25, -0.2) is 4.79 Å². The Morgan fingerprint density at radius 3 is 2.36 bits per heavy atom. The van der Waals surface area contributed by atoms with Crippen LogP contribution < -0.4 is 14.8 Å². The minimum absolute atomic E-state index is 0.278. The van der Waals surface area contributed by atoms with Gasteiger partial charge in [0.1, 0.15) is 0 Å². The summed E-state index contributed by atoms with van der Waals surface area (Å²) in [5, 5.41) is 7.02. The van der Waals surface area contributed by atoms with Gasteiger partial charge in [-0.15, -0.1) is 0 Å². The molecule has 1 atom stereocenters. The van der Waals surface area contributed by atoms with Gasteiger partial charge in [-0.2, -0.15) is 5.10 Å². The molecule has 0 saturated heterocycles. The van der Waals surface area contributed by atoms with Crippen LogP contribution in [-0.2, 0) is 16.6 Å². The van der Waals surface area contributed by atoms with Crippen molar-refractivity contribution < 1.29 is 23.8 Å². The minimum atomic E-state index is -0.978. The molecule has 0 saturated carbocycles. The first-order valence-corrected chi connectivity index (χ1v) is 9.20. The van der Waals surface area contributed by atoms with Gasteiger partial charge in [0.2, 0.25) is 0 Å². The first kappa shape index (κ1) is 21.3. The normalized spacial score (nSPS) is 11.6. The molecule has 1 aromatic heterocycles. The molecule has 152 valence electrons. The van der Waals surface area contributed by atoms with Crippen LogP contribution in [0.1, 0.15) is 42.5 Å². The Labute approximate surface area is 164 Å². The number of hydrogen-bond acceptors (Lipinski definition) is 6. The predicted molar refractivity (Wildman–Crippen MR) is 105 cm³/mol. The summed E-state index contributed by atoms with van der Waals surface area (Å²) < 4.78 is 18.0. The van der Waals surface area contributed by atoms with E-state index in [1.54, 1.807) is 36.9 Å². The zero-order valence-corrected chi connectivity index (χ0v) is 17.2. The van der Waals surface area contributed by atoms with Crippen LogP contribution >= 0.6 is 0 Å². The van der Waals surface area contributed by atoms with Crippen molar-refractivity contribution in [2.45, 2.75) is 40.7 Å². The molecule has 1 N–H and O–H groups in total. The third kappa shape index (κ3) is 4.82. The van der Waals surface area contributed by atoms with Crippen LogP contribution in [0.4, 0.5) is 5.69 Å². The second kappa shape index (κ2) is 9.25. The van der Waals surface area contributed by atoms with Gasteiger partial charge in [-0.3, -0.25) is 9.48 Å². The molecule has 0 aliphatic rings. The average molecular weight is 389 g/mol. The van der Waals surface area contributed by atoms with Crippen molar-refractivity contribution in [1.82, 2.24) is 9.78 Å². The minimum Gasteiger partial charge on any atom is -0.490 e. The van der Waals surface area contributed by atoms with E-state index >= 15 is 0 Å². The van der Waals surface area contributed by atoms with Crippen LogP contribution in [-0.4, -0.2) is 41.0 Å². The lowest BCUT2D eigenvalue weighted by molar-refractivity contribution is -0.123. The summed E-state index contributed by atoms with van der Waals surface area (Å²) in [5.41, 5.74) is 2.41. The van der Waals surface area contributed by atoms with Gasteiger partial charge in [-0.1, -0.05) is 0 Å². The SMILES string of the molecule is CCOc1ccc(C(=O)O[C@H](C)C(=O)Nc2c(C)nn(C)c2C)cc1OCC. The maximum Gasteiger partial charge on any atom is 0.339 e. The molecule has 0 fully saturated rings. The summed E-state index contributed by atoms with van der Waals surface area (Å²) in [6, 6.07) is 4.78. The lowest BCUT2D eigenvalue weighted by Gasteiger charge is -2.15. The summed E-state index contributed by atoms with van der Waals surface area (Å²) in [7, 11) is 1.79. The zero-order chi connectivity index (χ0) is 20.8. The van der Waals surface area contributed by atoms with Crippen LogP contribution in [0.15, 0.2) is 18.2 Å². The topological polar surface area (TPSA) is 91.7 Å². The molecule has 0 radical (unpaired) electrons. The number of aromatic nitrogens is 2. The third-order valence-corrected chi connectivity index (χ3v) is 4.19. The molecule has 0 unspecified atom stereocenters. The molecule has 2 rings (SSSR count). The number of nitrogens with one attached hydrogen (secondary N) is 1. The smallest absolute Gasteiger partial charge is 0.339 e. The van der Waals surface area contributed by atoms with Crippen LogP contribution in [0.3, 0.4) is 0 Å². The largest absolute Gasteiger partial charge is 0.490 e. The molecular formula is C20H27N3O5. The Bertz CT molecular complexity index is 860. The van der Waals surface area contributed by atoms with Gasteiger partial charge in [0.15, 0.2) is 17.6 Å². The fraction of sp³-hybridized carbons (Fsp3) is 0.450. The summed E-state index contributed by atoms with van der Waals surface area (Å²) in [4.78, 5) is 24.9. The second-order valence-electron chi connectivity index (χ2n) is 6.23. The third-order valence-electron chi connectivity index (χ3n) is 4.19. The van der Waals surface area contributed by atoms with E-state index in [1.807, 2.05) is 20.8 Å². The first-order chi connectivity index (χ1) is 13.3. The standard InChI is InChI=1S/C20H27N3O5/c1-7-26-16-10-9-15(11-17(16)27-8-2)20(25)28-14(5)19(24)21-18-12(3)22-23(6)13(18)4/h9-11,14H,7-8H2,1-6H3,(H,21,24)/t14-/m1/s1. The number of carbonyl (C=O) groups is 2. The number of amides is 1. The molecule has 0 aliphatic carbocycles. The molecule has 1 amide bonds. The van der Waals surface area contributed by atoms with E-state index in [9.17, 15) is 9.59 Å². The quantitative estimate of drug-likeness (QED) is 0.698. The van der Waals surface area contributed by atoms with Crippen molar-refractivity contribution in [3.63, 3.8) is 0 Å². The maximum atomic E-state index is 12.5. The van der Waals surface area contributed by atoms with Crippen LogP contribution in [0, 0.1) is 13.8 Å². The molecule has 0 bridgehead atoms. The number of anilines is 1. The van der Waals surface area contributed by atoms with Crippen molar-refractivity contribution >= 4 is 17.6 Å². The van der Waals surface area contributed by atoms with E-state index in [-0.39, 0.29) is 5.56 Å². The van der Waals surface area contributed by atoms with E-state index in [2.05, 4.69) is 10.4 Å². The number of aryl methyl sites for hydroxylation is 2. The molecule has 1 heterocycles. The number of benzene rings is 1. The highest BCUT2D eigenvalue weighted by Gasteiger charge is 2.22. The molecule has 0 aliphatic heterocycles. The number of rotatable bonds is 8. The van der Waals surface area contributed by atoms with Crippen LogP contribution in [0.2, 0.25) is 0 Å². The van der Waals surface area contributed by atoms with E-state index < -0.39 is 18.0 Å². The average Bonchev–Trinajstić information content (AvgIpc) is 2.89. The highest BCUT2D eigenvalue weighted by atomic mass is 16.5. The molecular weight excluding hydrogens is 362 g/mol. The highest BCUT2D eigenvalue weighted by Crippen LogP contribution is 2.29. The predicted octanol–water partition coefficient (Wildman–Crippen LogP) is 3.02. The van der Waals surface area contributed by atoms with E-state index in [0.717, 1.165) is 5.69 Å². The van der Waals surface area contributed by atoms with Gasteiger partial charge in [0.05, 0.1) is 35.9 Å². The van der Waals surface area contributed by atoms with Crippen LogP contribution in [0.5, 0.6) is 11.5 Å². The summed E-state index contributed by atoms with van der Waals surface area (Å²) in [6.07, 6.45) is -0.978. The fourth-order valence-electron chi connectivity index (χ4n) is 2.64. The van der Waals surface area contributed by atoms with Gasteiger partial charge in [0, 0.05) is 7.05 Å². The number of ether oxygens (including phenoxy) is 3. The monoisotopic (exact) mass is 389 g/mol. The van der Waals surface area contributed by atoms with Gasteiger partial charge < -0.3 is 19.5 Å². The van der Waals surface area contributed by atoms with Gasteiger partial charge in [0.25, 0.3) is 5.91 Å². The lowest BCUT2D eigenvalue weighted by atomic mass is 10.2. The lowest BCUT2D eigenvalue weighted by Crippen LogP contribution is -2.30. The Morgan fingerprint density at radius 1 is 1.14 bits per heavy atom. The molecule has 28 heavy (non-hydrogen) atoms. The van der Waals surface area contributed by atoms with E-state index in [0.29, 0.717) is 36.1 Å². The van der Waals surface area contributed by atoms with Gasteiger partial charge in [-0.05, 0) is 52.8 Å². The van der Waals surface area contributed by atoms with Crippen molar-refractivity contribution in [1.29, 1.82) is 0 Å². The number of esters is 1. The fourth-order valence-corrected chi connectivity index (χ4v) is 2.64. The number of hydrogen-bond donors (Lipinski definition) is 1. The molecule has 8 nitrogen and oxygen atoms in total. The summed E-state index contributed by atoms with van der Waals surface area (Å²) >= 11 is 0. The van der Waals surface area contributed by atoms with Gasteiger partial charge >= 0.3 is 5.97 Å². The van der Waals surface area contributed by atoms with Crippen LogP contribution in [0.25, 0.3) is 0 Å². The van der Waals surface area contributed by atoms with E-state index in [4.69, 9.17) is 14.2 Å². The first-order valence-electron chi connectivity index (χ1n) is 9.20. The van der Waals surface area contributed by atoms with Crippen molar-refractivity contribution in [2.75, 3.05) is 18.5 Å². The summed E-state index contributed by atoms with van der Waals surface area (Å²) in [6.45, 7) is 9.79. The van der Waals surface area contributed by atoms with Crippen molar-refractivity contribution in [3.05, 3.63) is 35.2 Å². The van der Waals surface area contributed by atoms with Crippen molar-refractivity contribution in [3.8, 4) is 11.5 Å². The zero-order valence-electron chi connectivity index (χ0n) is 17.2. The Morgan fingerprint density at radius 2 is 1.79 bits per heavy atom. The maximum absolute atomic E-state index is 12.5. The molecule has 8 heteroatoms. The second-order valence-corrected chi connectivity index (χ2v) is 6.23. The summed E-state index contributed by atoms with van der Waals surface area (Å²) in [5.74, 6) is -0.0402. The number of nitrogens with zero attached hydrogens (tertiary/aromatic N) is 2. The Kier molecular flexibility index (Phi) is 7.03. The van der Waals surface area contributed by atoms with Crippen molar-refractivity contribution in [2.24, 2.45) is 7.05 Å². The molecule has 1 aromatic carbocycles. The molecule has 0 spiro atoms. The highest BCUT2D eigenvalue weighted by molar-refractivity contribution is 5.98. The number of carbonyl (C=O) groups excluding carboxylic acids is 2. The Hall–Kier alpha value is -3.03. The molecule has 2 aromatic rings. The van der Waals surface area contributed by atoms with E-state index in [1.165, 1.54) is 6.92 Å².